The fraction of sp³-hybridized carbons (Fsp3) is 0.133. The Morgan fingerprint density at radius 1 is 1.23 bits per heavy atom. The van der Waals surface area contributed by atoms with Crippen LogP contribution in [-0.2, 0) is 11.2 Å². The summed E-state index contributed by atoms with van der Waals surface area (Å²) in [6.07, 6.45) is -0.155. The molecule has 0 fully saturated rings. The molecule has 0 heterocycles. The number of ether oxygens (including phenoxy) is 2. The molecule has 0 radical (unpaired) electrons. The van der Waals surface area contributed by atoms with Gasteiger partial charge in [-0.25, -0.2) is 4.39 Å². The van der Waals surface area contributed by atoms with Crippen molar-refractivity contribution in [2.75, 3.05) is 7.11 Å². The molecule has 0 unspecified atom stereocenters. The molecule has 7 heteroatoms. The fourth-order valence-corrected chi connectivity index (χ4v) is 1.88. The summed E-state index contributed by atoms with van der Waals surface area (Å²) in [5.41, 5.74) is 0.0869. The zero-order valence-corrected chi connectivity index (χ0v) is 11.6. The third-order valence-electron chi connectivity index (χ3n) is 2.87. The zero-order chi connectivity index (χ0) is 16.1. The molecule has 22 heavy (non-hydrogen) atoms. The number of nitro groups is 1. The molecule has 2 aromatic carbocycles. The summed E-state index contributed by atoms with van der Waals surface area (Å²) in [5, 5.41) is 10.8. The van der Waals surface area contributed by atoms with Crippen LogP contribution in [0.5, 0.6) is 11.5 Å². The van der Waals surface area contributed by atoms with Crippen LogP contribution in [0.3, 0.4) is 0 Å². The topological polar surface area (TPSA) is 78.7 Å². The Hall–Kier alpha value is -2.96. The van der Waals surface area contributed by atoms with E-state index >= 15 is 0 Å². The van der Waals surface area contributed by atoms with E-state index in [9.17, 15) is 19.3 Å². The van der Waals surface area contributed by atoms with Crippen LogP contribution < -0.4 is 9.47 Å². The van der Waals surface area contributed by atoms with Crippen molar-refractivity contribution < 1.29 is 23.6 Å². The number of halogens is 1. The van der Waals surface area contributed by atoms with Gasteiger partial charge < -0.3 is 9.47 Å². The molecule has 0 aromatic heterocycles. The molecule has 0 amide bonds. The first-order valence-corrected chi connectivity index (χ1v) is 6.27. The molecule has 0 N–H and O–H groups in total. The van der Waals surface area contributed by atoms with Crippen molar-refractivity contribution in [3.63, 3.8) is 0 Å². The van der Waals surface area contributed by atoms with Gasteiger partial charge in [-0.05, 0) is 12.1 Å². The Bertz CT molecular complexity index is 717. The summed E-state index contributed by atoms with van der Waals surface area (Å²) in [4.78, 5) is 22.0. The lowest BCUT2D eigenvalue weighted by molar-refractivity contribution is -0.385. The van der Waals surface area contributed by atoms with Crippen molar-refractivity contribution in [1.82, 2.24) is 0 Å². The quantitative estimate of drug-likeness (QED) is 0.367. The summed E-state index contributed by atoms with van der Waals surface area (Å²) in [6.45, 7) is 0. The molecule has 0 saturated carbocycles. The van der Waals surface area contributed by atoms with E-state index in [-0.39, 0.29) is 6.42 Å². The average molecular weight is 305 g/mol. The molecule has 0 spiro atoms. The van der Waals surface area contributed by atoms with Gasteiger partial charge in [0.2, 0.25) is 5.75 Å². The van der Waals surface area contributed by atoms with Crippen molar-refractivity contribution >= 4 is 11.7 Å². The summed E-state index contributed by atoms with van der Waals surface area (Å²) < 4.78 is 23.2. The number of methoxy groups -OCH3 is 1. The van der Waals surface area contributed by atoms with Crippen molar-refractivity contribution in [3.8, 4) is 11.5 Å². The Kier molecular flexibility index (Phi) is 4.67. The van der Waals surface area contributed by atoms with E-state index in [4.69, 9.17) is 9.47 Å². The van der Waals surface area contributed by atoms with E-state index in [0.717, 1.165) is 18.2 Å². The highest BCUT2D eigenvalue weighted by atomic mass is 19.1. The number of nitrogens with zero attached hydrogens (tertiary/aromatic N) is 1. The number of benzene rings is 2. The van der Waals surface area contributed by atoms with Gasteiger partial charge in [0.15, 0.2) is 0 Å². The highest BCUT2D eigenvalue weighted by molar-refractivity contribution is 5.77. The Morgan fingerprint density at radius 3 is 2.64 bits per heavy atom. The molecule has 2 aromatic rings. The van der Waals surface area contributed by atoms with Crippen molar-refractivity contribution in [1.29, 1.82) is 0 Å². The largest absolute Gasteiger partial charge is 0.496 e. The van der Waals surface area contributed by atoms with E-state index in [2.05, 4.69) is 0 Å². The number of esters is 1. The molecular formula is C15H12FNO5. The van der Waals surface area contributed by atoms with E-state index < -0.39 is 28.1 Å². The number of nitro benzene ring substituents is 1. The van der Waals surface area contributed by atoms with Crippen LogP contribution in [0, 0.1) is 15.9 Å². The maximum Gasteiger partial charge on any atom is 0.316 e. The van der Waals surface area contributed by atoms with Crippen LogP contribution in [-0.4, -0.2) is 18.0 Å². The van der Waals surface area contributed by atoms with Gasteiger partial charge in [0.25, 0.3) is 0 Å². The standard InChI is InChI=1S/C15H12FNO5/c1-21-13-5-3-2-4-10(13)8-15(18)22-14-9-11(16)6-7-12(14)17(19)20/h2-7,9H,8H2,1H3. The van der Waals surface area contributed by atoms with Crippen molar-refractivity contribution in [3.05, 3.63) is 64.0 Å². The summed E-state index contributed by atoms with van der Waals surface area (Å²) in [6, 6.07) is 9.48. The number of rotatable bonds is 5. The highest BCUT2D eigenvalue weighted by Crippen LogP contribution is 2.28. The van der Waals surface area contributed by atoms with Crippen molar-refractivity contribution in [2.24, 2.45) is 0 Å². The first-order valence-electron chi connectivity index (χ1n) is 6.27. The predicted molar refractivity (Wildman–Crippen MR) is 75.4 cm³/mol. The molecule has 0 bridgehead atoms. The van der Waals surface area contributed by atoms with Gasteiger partial charge in [0.1, 0.15) is 11.6 Å². The maximum absolute atomic E-state index is 13.2. The van der Waals surface area contributed by atoms with Crippen LogP contribution in [0.2, 0.25) is 0 Å². The molecular weight excluding hydrogens is 293 g/mol. The Balaban J connectivity index is 2.19. The van der Waals surface area contributed by atoms with Gasteiger partial charge in [-0.15, -0.1) is 0 Å². The van der Waals surface area contributed by atoms with Gasteiger partial charge >= 0.3 is 11.7 Å². The minimum atomic E-state index is -0.752. The minimum absolute atomic E-state index is 0.155. The van der Waals surface area contributed by atoms with Crippen LogP contribution in [0.1, 0.15) is 5.56 Å². The summed E-state index contributed by atoms with van der Waals surface area (Å²) in [7, 11) is 1.46. The summed E-state index contributed by atoms with van der Waals surface area (Å²) >= 11 is 0. The van der Waals surface area contributed by atoms with Crippen LogP contribution in [0.25, 0.3) is 0 Å². The maximum atomic E-state index is 13.2. The smallest absolute Gasteiger partial charge is 0.316 e. The second kappa shape index (κ2) is 6.66. The second-order valence-electron chi connectivity index (χ2n) is 4.33. The Labute approximate surface area is 125 Å². The van der Waals surface area contributed by atoms with E-state index in [1.165, 1.54) is 7.11 Å². The SMILES string of the molecule is COc1ccccc1CC(=O)Oc1cc(F)ccc1[N+](=O)[O-]. The van der Waals surface area contributed by atoms with Gasteiger partial charge in [-0.3, -0.25) is 14.9 Å². The average Bonchev–Trinajstić information content (AvgIpc) is 2.47. The third-order valence-corrected chi connectivity index (χ3v) is 2.87. The first kappa shape index (κ1) is 15.4. The van der Waals surface area contributed by atoms with Gasteiger partial charge in [-0.2, -0.15) is 0 Å². The monoisotopic (exact) mass is 305 g/mol. The summed E-state index contributed by atoms with van der Waals surface area (Å²) in [5.74, 6) is -1.41. The van der Waals surface area contributed by atoms with Crippen LogP contribution in [0.15, 0.2) is 42.5 Å². The number of hydrogen-bond donors (Lipinski definition) is 0. The number of hydrogen-bond acceptors (Lipinski definition) is 5. The van der Waals surface area contributed by atoms with Crippen LogP contribution in [0.4, 0.5) is 10.1 Å². The number of carbonyl (C=O) groups is 1. The molecule has 2 rings (SSSR count). The van der Waals surface area contributed by atoms with E-state index in [0.29, 0.717) is 11.3 Å². The lowest BCUT2D eigenvalue weighted by Crippen LogP contribution is -2.13. The highest BCUT2D eigenvalue weighted by Gasteiger charge is 2.19. The zero-order valence-electron chi connectivity index (χ0n) is 11.6. The third kappa shape index (κ3) is 3.57. The molecule has 0 aliphatic rings. The molecule has 6 nitrogen and oxygen atoms in total. The molecule has 0 aliphatic heterocycles. The van der Waals surface area contributed by atoms with Gasteiger partial charge in [-0.1, -0.05) is 18.2 Å². The molecule has 0 atom stereocenters. The first-order chi connectivity index (χ1) is 10.5. The molecule has 114 valence electrons. The van der Waals surface area contributed by atoms with Gasteiger partial charge in [0, 0.05) is 17.7 Å². The second-order valence-corrected chi connectivity index (χ2v) is 4.33. The van der Waals surface area contributed by atoms with Crippen LogP contribution >= 0.6 is 0 Å². The van der Waals surface area contributed by atoms with E-state index in [1.54, 1.807) is 24.3 Å². The number of para-hydroxylation sites is 1. The normalized spacial score (nSPS) is 10.1. The minimum Gasteiger partial charge on any atom is -0.496 e. The van der Waals surface area contributed by atoms with E-state index in [1.807, 2.05) is 0 Å². The fourth-order valence-electron chi connectivity index (χ4n) is 1.88. The molecule has 0 saturated heterocycles. The van der Waals surface area contributed by atoms with Gasteiger partial charge in [0.05, 0.1) is 18.5 Å². The number of carbonyl (C=O) groups excluding carboxylic acids is 1. The lowest BCUT2D eigenvalue weighted by atomic mass is 10.1. The van der Waals surface area contributed by atoms with Crippen molar-refractivity contribution in [2.45, 2.75) is 6.42 Å². The lowest BCUT2D eigenvalue weighted by Gasteiger charge is -2.08. The predicted octanol–water partition coefficient (Wildman–Crippen LogP) is 2.89. The Morgan fingerprint density at radius 2 is 1.95 bits per heavy atom. The molecule has 0 aliphatic carbocycles.